The van der Waals surface area contributed by atoms with Crippen molar-refractivity contribution in [1.82, 2.24) is 19.2 Å². The molecule has 1 saturated heterocycles. The zero-order valence-electron chi connectivity index (χ0n) is 9.13. The molecule has 0 saturated carbocycles. The van der Waals surface area contributed by atoms with E-state index < -0.39 is 0 Å². The van der Waals surface area contributed by atoms with Crippen LogP contribution in [0, 0.1) is 0 Å². The summed E-state index contributed by atoms with van der Waals surface area (Å²) in [6, 6.07) is 0. The van der Waals surface area contributed by atoms with Gasteiger partial charge >= 0.3 is 5.69 Å². The maximum absolute atomic E-state index is 11.8. The van der Waals surface area contributed by atoms with Crippen molar-refractivity contribution in [2.45, 2.75) is 6.54 Å². The summed E-state index contributed by atoms with van der Waals surface area (Å²) in [5, 5.41) is 3.84. The summed E-state index contributed by atoms with van der Waals surface area (Å²) in [5.41, 5.74) is -0.276. The van der Waals surface area contributed by atoms with Gasteiger partial charge in [0.2, 0.25) is 5.91 Å². The maximum Gasteiger partial charge on any atom is 0.345 e. The van der Waals surface area contributed by atoms with Crippen molar-refractivity contribution in [2.24, 2.45) is 7.05 Å². The van der Waals surface area contributed by atoms with Gasteiger partial charge in [0.05, 0.1) is 13.2 Å². The number of carbonyl (C=O) groups excluding carboxylic acids is 1. The summed E-state index contributed by atoms with van der Waals surface area (Å²) in [6.07, 6.45) is 1.40. The highest BCUT2D eigenvalue weighted by atomic mass is 16.5. The molecule has 0 aliphatic carbocycles. The van der Waals surface area contributed by atoms with Crippen LogP contribution in [0.3, 0.4) is 0 Å². The Bertz CT molecular complexity index is 430. The molecule has 0 radical (unpaired) electrons. The van der Waals surface area contributed by atoms with Crippen LogP contribution in [0.2, 0.25) is 0 Å². The molecule has 1 fully saturated rings. The van der Waals surface area contributed by atoms with Crippen LogP contribution in [-0.4, -0.2) is 51.5 Å². The lowest BCUT2D eigenvalue weighted by molar-refractivity contribution is -0.136. The molecule has 7 nitrogen and oxygen atoms in total. The van der Waals surface area contributed by atoms with Crippen molar-refractivity contribution in [3.8, 4) is 0 Å². The van der Waals surface area contributed by atoms with Crippen LogP contribution >= 0.6 is 0 Å². The molecule has 0 bridgehead atoms. The zero-order valence-corrected chi connectivity index (χ0v) is 9.13. The molecular formula is C9H14N4O3. The van der Waals surface area contributed by atoms with Crippen LogP contribution in [0.4, 0.5) is 0 Å². The number of morpholine rings is 1. The van der Waals surface area contributed by atoms with Gasteiger partial charge in [0.15, 0.2) is 0 Å². The molecule has 0 N–H and O–H groups in total. The molecular weight excluding hydrogens is 212 g/mol. The molecule has 0 spiro atoms. The number of hydrogen-bond donors (Lipinski definition) is 0. The molecule has 16 heavy (non-hydrogen) atoms. The van der Waals surface area contributed by atoms with Gasteiger partial charge in [-0.05, 0) is 0 Å². The second kappa shape index (κ2) is 4.48. The third-order valence-corrected chi connectivity index (χ3v) is 2.54. The average Bonchev–Trinajstić information content (AvgIpc) is 2.62. The fraction of sp³-hybridized carbons (Fsp3) is 0.667. The topological polar surface area (TPSA) is 69.4 Å². The third-order valence-electron chi connectivity index (χ3n) is 2.54. The Morgan fingerprint density at radius 3 is 2.75 bits per heavy atom. The van der Waals surface area contributed by atoms with E-state index >= 15 is 0 Å². The first-order valence-corrected chi connectivity index (χ1v) is 5.12. The lowest BCUT2D eigenvalue weighted by Crippen LogP contribution is -2.43. The first-order valence-electron chi connectivity index (χ1n) is 5.12. The van der Waals surface area contributed by atoms with Crippen molar-refractivity contribution in [2.75, 3.05) is 26.3 Å². The fourth-order valence-electron chi connectivity index (χ4n) is 1.57. The van der Waals surface area contributed by atoms with Gasteiger partial charge in [0.25, 0.3) is 0 Å². The van der Waals surface area contributed by atoms with Crippen LogP contribution < -0.4 is 5.69 Å². The predicted molar refractivity (Wildman–Crippen MR) is 54.9 cm³/mol. The Labute approximate surface area is 92.2 Å². The summed E-state index contributed by atoms with van der Waals surface area (Å²) >= 11 is 0. The van der Waals surface area contributed by atoms with Gasteiger partial charge in [-0.25, -0.2) is 9.48 Å². The summed E-state index contributed by atoms with van der Waals surface area (Å²) in [6.45, 7) is 2.28. The van der Waals surface area contributed by atoms with Crippen molar-refractivity contribution in [1.29, 1.82) is 0 Å². The van der Waals surface area contributed by atoms with E-state index in [0.29, 0.717) is 26.3 Å². The van der Waals surface area contributed by atoms with Gasteiger partial charge in [-0.15, -0.1) is 0 Å². The number of aromatic nitrogens is 3. The highest BCUT2D eigenvalue weighted by Crippen LogP contribution is 1.98. The average molecular weight is 226 g/mol. The highest BCUT2D eigenvalue weighted by Gasteiger charge is 2.18. The van der Waals surface area contributed by atoms with Gasteiger partial charge in [-0.1, -0.05) is 0 Å². The summed E-state index contributed by atoms with van der Waals surface area (Å²) < 4.78 is 7.65. The normalized spacial score (nSPS) is 16.4. The number of ether oxygens (including phenoxy) is 1. The molecule has 1 aromatic heterocycles. The minimum absolute atomic E-state index is 0.000324. The third kappa shape index (κ3) is 2.13. The predicted octanol–water partition coefficient (Wildman–Crippen LogP) is -1.56. The van der Waals surface area contributed by atoms with E-state index in [1.165, 1.54) is 10.9 Å². The van der Waals surface area contributed by atoms with Gasteiger partial charge in [0.1, 0.15) is 12.9 Å². The van der Waals surface area contributed by atoms with Gasteiger partial charge in [-0.2, -0.15) is 5.10 Å². The monoisotopic (exact) mass is 226 g/mol. The SMILES string of the molecule is Cn1cnn(CC(=O)N2CCOCC2)c1=O. The van der Waals surface area contributed by atoms with Crippen molar-refractivity contribution >= 4 is 5.91 Å². The van der Waals surface area contributed by atoms with E-state index in [9.17, 15) is 9.59 Å². The van der Waals surface area contributed by atoms with Gasteiger partial charge < -0.3 is 9.64 Å². The zero-order chi connectivity index (χ0) is 11.5. The van der Waals surface area contributed by atoms with E-state index in [2.05, 4.69) is 5.10 Å². The molecule has 1 aromatic rings. The smallest absolute Gasteiger partial charge is 0.345 e. The molecule has 0 unspecified atom stereocenters. The second-order valence-electron chi connectivity index (χ2n) is 3.68. The minimum atomic E-state index is -0.276. The highest BCUT2D eigenvalue weighted by molar-refractivity contribution is 5.75. The quantitative estimate of drug-likeness (QED) is 0.611. The number of hydrogen-bond acceptors (Lipinski definition) is 4. The molecule has 0 atom stereocenters. The van der Waals surface area contributed by atoms with E-state index in [0.717, 1.165) is 4.68 Å². The molecule has 1 aliphatic rings. The number of carbonyl (C=O) groups is 1. The van der Waals surface area contributed by atoms with Crippen LogP contribution in [0.15, 0.2) is 11.1 Å². The Hall–Kier alpha value is -1.63. The van der Waals surface area contributed by atoms with Crippen molar-refractivity contribution in [3.63, 3.8) is 0 Å². The minimum Gasteiger partial charge on any atom is -0.378 e. The van der Waals surface area contributed by atoms with Crippen LogP contribution in [0.1, 0.15) is 0 Å². The number of aryl methyl sites for hydroxylation is 1. The standard InChI is InChI=1S/C9H14N4O3/c1-11-7-10-13(9(11)15)6-8(14)12-2-4-16-5-3-12/h7H,2-6H2,1H3. The van der Waals surface area contributed by atoms with E-state index in [4.69, 9.17) is 4.74 Å². The maximum atomic E-state index is 11.8. The fourth-order valence-corrected chi connectivity index (χ4v) is 1.57. The first kappa shape index (κ1) is 10.9. The van der Waals surface area contributed by atoms with Crippen LogP contribution in [-0.2, 0) is 23.1 Å². The Kier molecular flexibility index (Phi) is 3.04. The Balaban J connectivity index is 2.01. The summed E-state index contributed by atoms with van der Waals surface area (Å²) in [7, 11) is 1.60. The molecule has 0 aromatic carbocycles. The van der Waals surface area contributed by atoms with Gasteiger partial charge in [-0.3, -0.25) is 9.36 Å². The lowest BCUT2D eigenvalue weighted by atomic mass is 10.4. The summed E-state index contributed by atoms with van der Waals surface area (Å²) in [4.78, 5) is 24.9. The molecule has 88 valence electrons. The summed E-state index contributed by atoms with van der Waals surface area (Å²) in [5.74, 6) is -0.0934. The van der Waals surface area contributed by atoms with Crippen LogP contribution in [0.5, 0.6) is 0 Å². The van der Waals surface area contributed by atoms with E-state index in [1.54, 1.807) is 11.9 Å². The first-order chi connectivity index (χ1) is 7.68. The van der Waals surface area contributed by atoms with E-state index in [-0.39, 0.29) is 18.1 Å². The second-order valence-corrected chi connectivity index (χ2v) is 3.68. The van der Waals surface area contributed by atoms with Crippen molar-refractivity contribution < 1.29 is 9.53 Å². The molecule has 1 aliphatic heterocycles. The van der Waals surface area contributed by atoms with Crippen LogP contribution in [0.25, 0.3) is 0 Å². The van der Waals surface area contributed by atoms with Gasteiger partial charge in [0, 0.05) is 20.1 Å². The molecule has 2 heterocycles. The number of nitrogens with zero attached hydrogens (tertiary/aromatic N) is 4. The van der Waals surface area contributed by atoms with Crippen molar-refractivity contribution in [3.05, 3.63) is 16.8 Å². The Morgan fingerprint density at radius 1 is 1.50 bits per heavy atom. The molecule has 2 rings (SSSR count). The van der Waals surface area contributed by atoms with E-state index in [1.807, 2.05) is 0 Å². The molecule has 7 heteroatoms. The number of rotatable bonds is 2. The Morgan fingerprint density at radius 2 is 2.19 bits per heavy atom. The largest absolute Gasteiger partial charge is 0.378 e. The number of amides is 1. The lowest BCUT2D eigenvalue weighted by Gasteiger charge is -2.26. The molecule has 1 amide bonds.